The lowest BCUT2D eigenvalue weighted by Gasteiger charge is -2.25. The van der Waals surface area contributed by atoms with Crippen LogP contribution in [-0.4, -0.2) is 23.5 Å². The number of hydrogen-bond donors (Lipinski definition) is 2. The molecule has 4 rings (SSSR count). The Bertz CT molecular complexity index is 1310. The highest BCUT2D eigenvalue weighted by Gasteiger charge is 2.32. The quantitative estimate of drug-likeness (QED) is 0.241. The summed E-state index contributed by atoms with van der Waals surface area (Å²) in [6.07, 6.45) is 1.05. The van der Waals surface area contributed by atoms with Crippen molar-refractivity contribution >= 4 is 11.9 Å². The van der Waals surface area contributed by atoms with E-state index in [1.807, 2.05) is 6.07 Å². The van der Waals surface area contributed by atoms with Crippen LogP contribution in [0.5, 0.6) is 5.75 Å². The first-order chi connectivity index (χ1) is 19.5. The Morgan fingerprint density at radius 3 is 2.27 bits per heavy atom. The minimum Gasteiger partial charge on any atom is -0.486 e. The number of carbonyl (C=O) groups excluding carboxylic acids is 1. The number of halogens is 3. The lowest BCUT2D eigenvalue weighted by molar-refractivity contribution is -0.138. The Hall–Kier alpha value is -3.75. The van der Waals surface area contributed by atoms with Crippen molar-refractivity contribution in [3.8, 4) is 17.1 Å². The van der Waals surface area contributed by atoms with Crippen LogP contribution in [0.25, 0.3) is 11.3 Å². The van der Waals surface area contributed by atoms with Crippen LogP contribution in [-0.2, 0) is 11.0 Å². The predicted octanol–water partition coefficient (Wildman–Crippen LogP) is 8.38. The molecule has 0 spiro atoms. The normalized spacial score (nSPS) is 15.1. The first kappa shape index (κ1) is 30.2. The third-order valence-electron chi connectivity index (χ3n) is 7.32. The number of benzene rings is 2. The number of carboxylic acids is 1. The van der Waals surface area contributed by atoms with E-state index in [0.29, 0.717) is 29.1 Å². The molecular weight excluding hydrogens is 535 g/mol. The number of hydrogen-bond acceptors (Lipinski definition) is 4. The number of carboxylic acid groups (broad SMARTS) is 1. The molecule has 1 fully saturated rings. The number of furan rings is 1. The van der Waals surface area contributed by atoms with Gasteiger partial charge in [-0.05, 0) is 67.6 Å². The number of carbonyl (C=O) groups is 2. The van der Waals surface area contributed by atoms with Crippen molar-refractivity contribution in [1.82, 2.24) is 5.32 Å². The van der Waals surface area contributed by atoms with Crippen molar-refractivity contribution in [2.75, 3.05) is 6.54 Å². The molecular formula is C32H36F3NO5. The van der Waals surface area contributed by atoms with Crippen LogP contribution in [0, 0.1) is 5.92 Å². The maximum atomic E-state index is 13.1. The van der Waals surface area contributed by atoms with Gasteiger partial charge in [-0.15, -0.1) is 0 Å². The Morgan fingerprint density at radius 2 is 1.68 bits per heavy atom. The summed E-state index contributed by atoms with van der Waals surface area (Å²) < 4.78 is 52.3. The Balaban J connectivity index is 1.62. The van der Waals surface area contributed by atoms with Crippen molar-refractivity contribution in [2.45, 2.75) is 77.0 Å². The highest BCUT2D eigenvalue weighted by Crippen LogP contribution is 2.43. The molecule has 1 saturated carbocycles. The van der Waals surface area contributed by atoms with E-state index < -0.39 is 17.7 Å². The van der Waals surface area contributed by atoms with Crippen LogP contribution in [0.1, 0.15) is 98.1 Å². The molecule has 0 saturated heterocycles. The van der Waals surface area contributed by atoms with Crippen LogP contribution >= 0.6 is 0 Å². The SMILES string of the molecule is CC(C)CC(Oc1ccc(C(=O)NCCC(=O)O)cc1)c1cc(-c2ccc(C(F)(F)F)cc2)oc1C1CCCCC1. The van der Waals surface area contributed by atoms with Gasteiger partial charge in [-0.1, -0.05) is 45.2 Å². The monoisotopic (exact) mass is 571 g/mol. The number of rotatable bonds is 11. The van der Waals surface area contributed by atoms with Gasteiger partial charge in [-0.2, -0.15) is 13.2 Å². The second-order valence-electron chi connectivity index (χ2n) is 11.0. The van der Waals surface area contributed by atoms with Gasteiger partial charge in [0.25, 0.3) is 5.91 Å². The molecule has 1 atom stereocenters. The second kappa shape index (κ2) is 13.3. The van der Waals surface area contributed by atoms with Gasteiger partial charge in [0.1, 0.15) is 23.4 Å². The smallest absolute Gasteiger partial charge is 0.416 e. The van der Waals surface area contributed by atoms with Gasteiger partial charge >= 0.3 is 12.1 Å². The largest absolute Gasteiger partial charge is 0.486 e. The Labute approximate surface area is 237 Å². The molecule has 220 valence electrons. The summed E-state index contributed by atoms with van der Waals surface area (Å²) >= 11 is 0. The van der Waals surface area contributed by atoms with Crippen LogP contribution in [0.3, 0.4) is 0 Å². The van der Waals surface area contributed by atoms with E-state index in [0.717, 1.165) is 49.1 Å². The average Bonchev–Trinajstić information content (AvgIpc) is 3.38. The fourth-order valence-corrected chi connectivity index (χ4v) is 5.22. The lowest BCUT2D eigenvalue weighted by atomic mass is 9.84. The van der Waals surface area contributed by atoms with Crippen LogP contribution < -0.4 is 10.1 Å². The molecule has 1 aliphatic carbocycles. The fraction of sp³-hybridized carbons (Fsp3) is 0.438. The van der Waals surface area contributed by atoms with E-state index in [2.05, 4.69) is 19.2 Å². The first-order valence-corrected chi connectivity index (χ1v) is 14.1. The summed E-state index contributed by atoms with van der Waals surface area (Å²) in [6.45, 7) is 4.23. The van der Waals surface area contributed by atoms with E-state index in [9.17, 15) is 22.8 Å². The maximum absolute atomic E-state index is 13.1. The molecule has 41 heavy (non-hydrogen) atoms. The fourth-order valence-electron chi connectivity index (χ4n) is 5.22. The second-order valence-corrected chi connectivity index (χ2v) is 11.0. The number of amides is 1. The first-order valence-electron chi connectivity index (χ1n) is 14.1. The highest BCUT2D eigenvalue weighted by molar-refractivity contribution is 5.94. The van der Waals surface area contributed by atoms with E-state index in [4.69, 9.17) is 14.3 Å². The Morgan fingerprint density at radius 1 is 1.02 bits per heavy atom. The zero-order valence-corrected chi connectivity index (χ0v) is 23.3. The molecule has 9 heteroatoms. The molecule has 1 unspecified atom stereocenters. The molecule has 1 aliphatic rings. The minimum absolute atomic E-state index is 0.0363. The van der Waals surface area contributed by atoms with Gasteiger partial charge in [0.15, 0.2) is 0 Å². The van der Waals surface area contributed by atoms with E-state index in [1.54, 1.807) is 24.3 Å². The third-order valence-corrected chi connectivity index (χ3v) is 7.32. The van der Waals surface area contributed by atoms with Crippen molar-refractivity contribution in [3.05, 3.63) is 77.0 Å². The minimum atomic E-state index is -4.41. The molecule has 1 heterocycles. The molecule has 3 aromatic rings. The van der Waals surface area contributed by atoms with Crippen molar-refractivity contribution in [2.24, 2.45) is 5.92 Å². The molecule has 2 aromatic carbocycles. The van der Waals surface area contributed by atoms with E-state index >= 15 is 0 Å². The maximum Gasteiger partial charge on any atom is 0.416 e. The highest BCUT2D eigenvalue weighted by atomic mass is 19.4. The molecule has 1 aromatic heterocycles. The molecule has 0 bridgehead atoms. The van der Waals surface area contributed by atoms with Gasteiger partial charge in [0.2, 0.25) is 0 Å². The third kappa shape index (κ3) is 8.15. The van der Waals surface area contributed by atoms with Gasteiger partial charge in [0, 0.05) is 29.2 Å². The summed E-state index contributed by atoms with van der Waals surface area (Å²) in [6, 6.07) is 13.6. The average molecular weight is 572 g/mol. The summed E-state index contributed by atoms with van der Waals surface area (Å²) in [5.74, 6) is 1.04. The van der Waals surface area contributed by atoms with Crippen LogP contribution in [0.15, 0.2) is 59.0 Å². The van der Waals surface area contributed by atoms with E-state index in [-0.39, 0.29) is 36.8 Å². The van der Waals surface area contributed by atoms with Gasteiger partial charge in [-0.25, -0.2) is 0 Å². The molecule has 1 amide bonds. The topological polar surface area (TPSA) is 88.8 Å². The van der Waals surface area contributed by atoms with E-state index in [1.165, 1.54) is 18.6 Å². The number of alkyl halides is 3. The molecule has 0 aliphatic heterocycles. The van der Waals surface area contributed by atoms with Crippen LogP contribution in [0.4, 0.5) is 13.2 Å². The van der Waals surface area contributed by atoms with Crippen LogP contribution in [0.2, 0.25) is 0 Å². The zero-order valence-electron chi connectivity index (χ0n) is 23.3. The summed E-state index contributed by atoms with van der Waals surface area (Å²) in [5.41, 5.74) is 1.15. The van der Waals surface area contributed by atoms with Gasteiger partial charge in [0.05, 0.1) is 12.0 Å². The molecule has 6 nitrogen and oxygen atoms in total. The van der Waals surface area contributed by atoms with Crippen molar-refractivity contribution in [1.29, 1.82) is 0 Å². The van der Waals surface area contributed by atoms with Gasteiger partial charge in [-0.3, -0.25) is 9.59 Å². The Kier molecular flexibility index (Phi) is 9.78. The van der Waals surface area contributed by atoms with Crippen molar-refractivity contribution in [3.63, 3.8) is 0 Å². The summed E-state index contributed by atoms with van der Waals surface area (Å²) in [4.78, 5) is 23.0. The predicted molar refractivity (Wildman–Crippen MR) is 149 cm³/mol. The summed E-state index contributed by atoms with van der Waals surface area (Å²) in [7, 11) is 0. The zero-order chi connectivity index (χ0) is 29.6. The number of ether oxygens (including phenoxy) is 1. The summed E-state index contributed by atoms with van der Waals surface area (Å²) in [5, 5.41) is 11.3. The lowest BCUT2D eigenvalue weighted by Crippen LogP contribution is -2.25. The standard InChI is InChI=1S/C32H36F3NO5/c1-20(2)18-28(40-25-14-10-23(11-15-25)31(39)36-17-16-29(37)38)26-19-27(41-30(26)22-6-4-3-5-7-22)21-8-12-24(13-9-21)32(33,34)35/h8-15,19-20,22,28H,3-7,16-18H2,1-2H3,(H,36,39)(H,37,38). The number of aliphatic carboxylic acids is 1. The number of nitrogens with one attached hydrogen (secondary N) is 1. The molecule has 0 radical (unpaired) electrons. The van der Waals surface area contributed by atoms with Gasteiger partial charge < -0.3 is 19.6 Å². The van der Waals surface area contributed by atoms with Crippen molar-refractivity contribution < 1.29 is 37.0 Å². The molecule has 2 N–H and O–H groups in total.